The van der Waals surface area contributed by atoms with Gasteiger partial charge < -0.3 is 14.4 Å². The summed E-state index contributed by atoms with van der Waals surface area (Å²) in [6.07, 6.45) is -0.971. The normalized spacial score (nSPS) is 12.0. The van der Waals surface area contributed by atoms with E-state index >= 15 is 0 Å². The number of likely N-dealkylation sites (N-methyl/N-ethyl adjacent to an activating group) is 1. The molecule has 0 saturated carbocycles. The van der Waals surface area contributed by atoms with Crippen molar-refractivity contribution in [2.24, 2.45) is 0 Å². The van der Waals surface area contributed by atoms with Gasteiger partial charge in [0.15, 0.2) is 6.10 Å². The van der Waals surface area contributed by atoms with Gasteiger partial charge in [-0.15, -0.1) is 11.3 Å². The number of carbonyl (C=O) groups is 2. The molecule has 1 aromatic heterocycles. The van der Waals surface area contributed by atoms with E-state index in [0.29, 0.717) is 22.2 Å². The predicted octanol–water partition coefficient (Wildman–Crippen LogP) is 4.39. The quantitative estimate of drug-likeness (QED) is 0.537. The van der Waals surface area contributed by atoms with Crippen LogP contribution in [-0.2, 0) is 27.4 Å². The predicted molar refractivity (Wildman–Crippen MR) is 110 cm³/mol. The molecule has 3 rings (SSSR count). The average molecular weight is 415 g/mol. The molecule has 0 aliphatic carbocycles. The standard InChI is InChI=1S/C22H22FNO4S/c1-14(21(25)24(2)12-15-8-5-4-6-9-15)28-22(26)20-16(13-27-3)19-17(23)10-7-11-18(19)29-20/h4-11,14H,12-13H2,1-3H3/t14-/m0/s1. The number of fused-ring (bicyclic) bond motifs is 1. The van der Waals surface area contributed by atoms with Crippen LogP contribution in [0.4, 0.5) is 4.39 Å². The Morgan fingerprint density at radius 1 is 1.14 bits per heavy atom. The number of hydrogen-bond donors (Lipinski definition) is 0. The van der Waals surface area contributed by atoms with E-state index in [2.05, 4.69) is 0 Å². The number of amides is 1. The number of nitrogens with zero attached hydrogens (tertiary/aromatic N) is 1. The van der Waals surface area contributed by atoms with Gasteiger partial charge in [0.25, 0.3) is 5.91 Å². The molecule has 0 bridgehead atoms. The van der Waals surface area contributed by atoms with Gasteiger partial charge in [-0.3, -0.25) is 4.79 Å². The van der Waals surface area contributed by atoms with Crippen molar-refractivity contribution in [3.05, 3.63) is 70.4 Å². The molecule has 0 saturated heterocycles. The fourth-order valence-electron chi connectivity index (χ4n) is 3.12. The number of benzene rings is 2. The Balaban J connectivity index is 1.76. The summed E-state index contributed by atoms with van der Waals surface area (Å²) in [6, 6.07) is 14.2. The van der Waals surface area contributed by atoms with Crippen LogP contribution in [0.5, 0.6) is 0 Å². The van der Waals surface area contributed by atoms with Crippen LogP contribution in [-0.4, -0.2) is 37.0 Å². The summed E-state index contributed by atoms with van der Waals surface area (Å²) >= 11 is 1.13. The Morgan fingerprint density at radius 2 is 1.86 bits per heavy atom. The summed E-state index contributed by atoms with van der Waals surface area (Å²) in [6.45, 7) is 2.01. The molecular formula is C22H22FNO4S. The Labute approximate surface area is 172 Å². The first-order chi connectivity index (χ1) is 13.9. The number of thiophene rings is 1. The highest BCUT2D eigenvalue weighted by Crippen LogP contribution is 2.34. The number of esters is 1. The molecule has 7 heteroatoms. The molecule has 29 heavy (non-hydrogen) atoms. The van der Waals surface area contributed by atoms with Gasteiger partial charge in [-0.25, -0.2) is 9.18 Å². The molecule has 3 aromatic rings. The molecule has 0 N–H and O–H groups in total. The maximum Gasteiger partial charge on any atom is 0.349 e. The van der Waals surface area contributed by atoms with Crippen LogP contribution in [0.3, 0.4) is 0 Å². The van der Waals surface area contributed by atoms with Gasteiger partial charge in [-0.05, 0) is 24.6 Å². The van der Waals surface area contributed by atoms with Gasteiger partial charge in [0.2, 0.25) is 0 Å². The summed E-state index contributed by atoms with van der Waals surface area (Å²) in [5.41, 5.74) is 1.41. The molecule has 0 aliphatic rings. The minimum Gasteiger partial charge on any atom is -0.448 e. The summed E-state index contributed by atoms with van der Waals surface area (Å²) in [5.74, 6) is -1.40. The van der Waals surface area contributed by atoms with Crippen molar-refractivity contribution in [3.63, 3.8) is 0 Å². The largest absolute Gasteiger partial charge is 0.448 e. The SMILES string of the molecule is COCc1c(C(=O)O[C@@H](C)C(=O)N(C)Cc2ccccc2)sc2cccc(F)c12. The van der Waals surface area contributed by atoms with Crippen molar-refractivity contribution in [2.75, 3.05) is 14.2 Å². The minimum absolute atomic E-state index is 0.0710. The summed E-state index contributed by atoms with van der Waals surface area (Å²) in [5, 5.41) is 0.353. The van der Waals surface area contributed by atoms with E-state index in [9.17, 15) is 14.0 Å². The van der Waals surface area contributed by atoms with Crippen LogP contribution in [0.2, 0.25) is 0 Å². The van der Waals surface area contributed by atoms with Gasteiger partial charge in [-0.1, -0.05) is 36.4 Å². The van der Waals surface area contributed by atoms with Gasteiger partial charge >= 0.3 is 5.97 Å². The smallest absolute Gasteiger partial charge is 0.349 e. The summed E-state index contributed by atoms with van der Waals surface area (Å²) in [4.78, 5) is 27.1. The lowest BCUT2D eigenvalue weighted by atomic mass is 10.1. The lowest BCUT2D eigenvalue weighted by Gasteiger charge is -2.21. The maximum absolute atomic E-state index is 14.3. The Kier molecular flexibility index (Phi) is 6.61. The number of halogens is 1. The van der Waals surface area contributed by atoms with Crippen LogP contribution in [0.25, 0.3) is 10.1 Å². The zero-order chi connectivity index (χ0) is 21.0. The molecule has 0 unspecified atom stereocenters. The first kappa shape index (κ1) is 21.0. The number of ether oxygens (including phenoxy) is 2. The van der Waals surface area contributed by atoms with Crippen LogP contribution in [0.15, 0.2) is 48.5 Å². The van der Waals surface area contributed by atoms with Crippen molar-refractivity contribution >= 4 is 33.3 Å². The zero-order valence-corrected chi connectivity index (χ0v) is 17.3. The molecule has 2 aromatic carbocycles. The van der Waals surface area contributed by atoms with Crippen molar-refractivity contribution < 1.29 is 23.5 Å². The van der Waals surface area contributed by atoms with Gasteiger partial charge in [0.1, 0.15) is 10.7 Å². The van der Waals surface area contributed by atoms with E-state index in [1.165, 1.54) is 25.0 Å². The van der Waals surface area contributed by atoms with E-state index in [-0.39, 0.29) is 17.4 Å². The molecule has 1 amide bonds. The highest BCUT2D eigenvalue weighted by Gasteiger charge is 2.26. The molecule has 0 fully saturated rings. The van der Waals surface area contributed by atoms with Crippen LogP contribution >= 0.6 is 11.3 Å². The fraction of sp³-hybridized carbons (Fsp3) is 0.273. The summed E-state index contributed by atoms with van der Waals surface area (Å²) < 4.78 is 25.5. The van der Waals surface area contributed by atoms with Crippen molar-refractivity contribution in [2.45, 2.75) is 26.2 Å². The van der Waals surface area contributed by atoms with Gasteiger partial charge in [0, 0.05) is 36.4 Å². The van der Waals surface area contributed by atoms with Crippen LogP contribution < -0.4 is 0 Å². The zero-order valence-electron chi connectivity index (χ0n) is 16.5. The van der Waals surface area contributed by atoms with Crippen LogP contribution in [0.1, 0.15) is 27.7 Å². The third kappa shape index (κ3) is 4.63. The van der Waals surface area contributed by atoms with Crippen molar-refractivity contribution in [3.8, 4) is 0 Å². The Hall–Kier alpha value is -2.77. The Bertz CT molecular complexity index is 1020. The number of methoxy groups -OCH3 is 1. The van der Waals surface area contributed by atoms with E-state index in [0.717, 1.165) is 16.9 Å². The van der Waals surface area contributed by atoms with Crippen molar-refractivity contribution in [1.29, 1.82) is 0 Å². The minimum atomic E-state index is -0.971. The van der Waals surface area contributed by atoms with E-state index < -0.39 is 17.9 Å². The number of hydrogen-bond acceptors (Lipinski definition) is 5. The molecule has 1 heterocycles. The second kappa shape index (κ2) is 9.15. The molecule has 1 atom stereocenters. The first-order valence-corrected chi connectivity index (χ1v) is 9.92. The molecular weight excluding hydrogens is 393 g/mol. The molecule has 152 valence electrons. The topological polar surface area (TPSA) is 55.8 Å². The first-order valence-electron chi connectivity index (χ1n) is 9.11. The summed E-state index contributed by atoms with van der Waals surface area (Å²) in [7, 11) is 3.13. The average Bonchev–Trinajstić information content (AvgIpc) is 3.08. The van der Waals surface area contributed by atoms with E-state index in [4.69, 9.17) is 9.47 Å². The number of rotatable bonds is 7. The van der Waals surface area contributed by atoms with Gasteiger partial charge in [-0.2, -0.15) is 0 Å². The monoisotopic (exact) mass is 415 g/mol. The highest BCUT2D eigenvalue weighted by atomic mass is 32.1. The third-order valence-corrected chi connectivity index (χ3v) is 5.69. The lowest BCUT2D eigenvalue weighted by Crippen LogP contribution is -2.37. The number of carbonyl (C=O) groups excluding carboxylic acids is 2. The second-order valence-electron chi connectivity index (χ2n) is 6.68. The second-order valence-corrected chi connectivity index (χ2v) is 7.74. The molecule has 0 radical (unpaired) electrons. The lowest BCUT2D eigenvalue weighted by molar-refractivity contribution is -0.139. The van der Waals surface area contributed by atoms with E-state index in [1.807, 2.05) is 30.3 Å². The van der Waals surface area contributed by atoms with Gasteiger partial charge in [0.05, 0.1) is 6.61 Å². The van der Waals surface area contributed by atoms with Crippen molar-refractivity contribution in [1.82, 2.24) is 4.90 Å². The highest BCUT2D eigenvalue weighted by molar-refractivity contribution is 7.21. The molecule has 0 spiro atoms. The van der Waals surface area contributed by atoms with E-state index in [1.54, 1.807) is 19.2 Å². The Morgan fingerprint density at radius 3 is 2.55 bits per heavy atom. The molecule has 0 aliphatic heterocycles. The fourth-order valence-corrected chi connectivity index (χ4v) is 4.23. The maximum atomic E-state index is 14.3. The molecule has 5 nitrogen and oxygen atoms in total. The van der Waals surface area contributed by atoms with Crippen LogP contribution in [0, 0.1) is 5.82 Å². The third-order valence-electron chi connectivity index (χ3n) is 4.51.